The smallest absolute Gasteiger partial charge is 0.330 e. The van der Waals surface area contributed by atoms with Crippen LogP contribution in [0.2, 0.25) is 10.0 Å². The highest BCUT2D eigenvalue weighted by Crippen LogP contribution is 2.50. The number of primary amides is 1. The van der Waals surface area contributed by atoms with E-state index in [1.807, 2.05) is 13.8 Å². The van der Waals surface area contributed by atoms with Crippen molar-refractivity contribution in [2.24, 2.45) is 17.4 Å². The molecule has 7 aliphatic rings. The van der Waals surface area contributed by atoms with Gasteiger partial charge in [-0.1, -0.05) is 55.2 Å². The standard InChI is InChI=1S/C66H75Cl2N9O24/c1-23(2)12-34(71-5)58(88)76-49-51(83)26-7-10-38(32(67)14-26)97-40-16-28-17-41(55(40)101-65-56(54(86)53(85)42(22-78)99-65)100-44-21-66(4,70)57(87)24(3)96-44)98-39-11-8-27(15-33(39)68)52(84)50-63(93)75-48(64(94)95)31-18-29(79)19-37(81)45(31)30-13-25(6-9-36(30)80)46(60(90)77-50)74-61(91)47(28)73-59(89)35(20-43(69)82)72-62(49)92/h6-11,13-19,23-24,34-35,42,44,46-54,56-57,65,71,78-81,83-87H,12,20-22,70H2,1-5H3,(H2,69,82)(H,72,92)(H,73,89)(H,74,91)(H,75,93)(H,76,88)(H,77,90)(H,94,95)/t24-,34+,35-,42+,44?,46+,47+,48-,49+,50-,51+,52+,53+,54-,56+,57+,65-,66-/m0/s1. The number of phenols is 3. The van der Waals surface area contributed by atoms with Crippen LogP contribution in [0.3, 0.4) is 0 Å². The predicted molar refractivity (Wildman–Crippen MR) is 349 cm³/mol. The molecule has 5 aromatic carbocycles. The number of carboxylic acids is 1. The molecule has 1 unspecified atom stereocenters. The molecular weight excluding hydrogens is 1370 g/mol. The highest BCUT2D eigenvalue weighted by molar-refractivity contribution is 6.32. The lowest BCUT2D eigenvalue weighted by Gasteiger charge is -2.47. The zero-order valence-electron chi connectivity index (χ0n) is 54.3. The number of likely N-dealkylation sites (N-methyl/N-ethyl adjacent to an activating group) is 1. The molecule has 7 heterocycles. The van der Waals surface area contributed by atoms with Crippen molar-refractivity contribution in [2.45, 2.75) is 156 Å². The van der Waals surface area contributed by atoms with Crippen LogP contribution in [0.5, 0.6) is 46.0 Å². The molecule has 0 radical (unpaired) electrons. The molecule has 35 heteroatoms. The number of benzene rings is 5. The fourth-order valence-corrected chi connectivity index (χ4v) is 12.9. The quantitative estimate of drug-likeness (QED) is 0.0743. The number of aliphatic hydroxyl groups excluding tert-OH is 6. The van der Waals surface area contributed by atoms with E-state index in [1.165, 1.54) is 33.0 Å². The molecule has 101 heavy (non-hydrogen) atoms. The highest BCUT2D eigenvalue weighted by Gasteiger charge is 2.51. The van der Waals surface area contributed by atoms with Gasteiger partial charge in [-0.3, -0.25) is 33.6 Å². The summed E-state index contributed by atoms with van der Waals surface area (Å²) in [6.45, 7) is 5.66. The van der Waals surface area contributed by atoms with E-state index < -0.39 is 237 Å². The summed E-state index contributed by atoms with van der Waals surface area (Å²) in [5.74, 6) is -16.0. The summed E-state index contributed by atoms with van der Waals surface area (Å²) in [5, 5.41) is 131. The number of aliphatic carboxylic acids is 1. The first-order valence-corrected chi connectivity index (χ1v) is 32.4. The molecule has 7 amide bonds. The number of aromatic hydroxyl groups is 3. The van der Waals surface area contributed by atoms with Crippen LogP contribution in [-0.2, 0) is 52.6 Å². The second-order valence-electron chi connectivity index (χ2n) is 25.7. The molecule has 0 aromatic heterocycles. The molecule has 21 N–H and O–H groups in total. The van der Waals surface area contributed by atoms with Crippen LogP contribution < -0.4 is 62.9 Å². The van der Waals surface area contributed by atoms with Crippen LogP contribution in [0, 0.1) is 5.92 Å². The van der Waals surface area contributed by atoms with Crippen molar-refractivity contribution < 1.29 is 118 Å². The third-order valence-electron chi connectivity index (χ3n) is 17.8. The molecule has 2 fully saturated rings. The highest BCUT2D eigenvalue weighted by atomic mass is 35.5. The Morgan fingerprint density at radius 2 is 1.32 bits per heavy atom. The van der Waals surface area contributed by atoms with Crippen molar-refractivity contribution in [1.29, 1.82) is 0 Å². The molecule has 33 nitrogen and oxygen atoms in total. The molecule has 542 valence electrons. The fraction of sp³-hybridized carbons (Fsp3) is 0.424. The molecule has 2 saturated heterocycles. The van der Waals surface area contributed by atoms with Gasteiger partial charge in [0.2, 0.25) is 53.4 Å². The Hall–Kier alpha value is -9.20. The Kier molecular flexibility index (Phi) is 22.2. The van der Waals surface area contributed by atoms with Gasteiger partial charge in [0.05, 0.1) is 41.3 Å². The third-order valence-corrected chi connectivity index (χ3v) is 18.4. The Labute approximate surface area is 584 Å². The van der Waals surface area contributed by atoms with Crippen molar-refractivity contribution in [3.05, 3.63) is 117 Å². The number of phenolic OH excluding ortho intramolecular Hbond substituents is 3. The van der Waals surface area contributed by atoms with Crippen LogP contribution in [0.1, 0.15) is 105 Å². The van der Waals surface area contributed by atoms with Crippen molar-refractivity contribution in [1.82, 2.24) is 37.2 Å². The number of amides is 7. The van der Waals surface area contributed by atoms with Gasteiger partial charge in [-0.2, -0.15) is 0 Å². The Morgan fingerprint density at radius 3 is 1.90 bits per heavy atom. The van der Waals surface area contributed by atoms with Gasteiger partial charge in [0.15, 0.2) is 29.9 Å². The number of aliphatic hydroxyl groups is 6. The predicted octanol–water partition coefficient (Wildman–Crippen LogP) is 0.106. The van der Waals surface area contributed by atoms with Crippen LogP contribution in [0.4, 0.5) is 0 Å². The van der Waals surface area contributed by atoms with Gasteiger partial charge in [0.1, 0.15) is 89.5 Å². The third kappa shape index (κ3) is 15.8. The first kappa shape index (κ1) is 74.5. The number of halogens is 2. The Morgan fingerprint density at radius 1 is 0.713 bits per heavy atom. The lowest BCUT2D eigenvalue weighted by molar-refractivity contribution is -0.333. The van der Waals surface area contributed by atoms with E-state index in [0.717, 1.165) is 66.7 Å². The number of carboxylic acid groups (broad SMARTS) is 1. The summed E-state index contributed by atoms with van der Waals surface area (Å²) in [7, 11) is 1.47. The average molecular weight is 1450 g/mol. The number of carbonyl (C=O) groups is 8. The van der Waals surface area contributed by atoms with Gasteiger partial charge in [-0.05, 0) is 110 Å². The van der Waals surface area contributed by atoms with Gasteiger partial charge in [-0.25, -0.2) is 4.79 Å². The first-order chi connectivity index (χ1) is 47.7. The van der Waals surface area contributed by atoms with Gasteiger partial charge in [-0.15, -0.1) is 0 Å². The number of carbonyl (C=O) groups excluding carboxylic acids is 7. The second kappa shape index (κ2) is 30.2. The molecule has 0 saturated carbocycles. The van der Waals surface area contributed by atoms with Crippen LogP contribution in [0.15, 0.2) is 78.9 Å². The lowest BCUT2D eigenvalue weighted by atomic mass is 9.86. The molecule has 0 aliphatic carbocycles. The summed E-state index contributed by atoms with van der Waals surface area (Å²) < 4.78 is 38.3. The molecule has 5 aromatic rings. The minimum absolute atomic E-state index is 0.0975. The lowest BCUT2D eigenvalue weighted by Crippen LogP contribution is -2.64. The number of hydrogen-bond donors (Lipinski definition) is 19. The molecule has 11 bridgehead atoms. The monoisotopic (exact) mass is 1450 g/mol. The number of rotatable bonds is 13. The van der Waals surface area contributed by atoms with E-state index in [0.29, 0.717) is 0 Å². The summed E-state index contributed by atoms with van der Waals surface area (Å²) in [6.07, 6.45) is -18.6. The summed E-state index contributed by atoms with van der Waals surface area (Å²) >= 11 is 14.1. The zero-order valence-corrected chi connectivity index (χ0v) is 55.8. The van der Waals surface area contributed by atoms with Crippen molar-refractivity contribution in [3.8, 4) is 57.1 Å². The van der Waals surface area contributed by atoms with E-state index in [4.69, 9.17) is 63.1 Å². The normalized spacial score (nSPS) is 29.4. The van der Waals surface area contributed by atoms with Gasteiger partial charge >= 0.3 is 5.97 Å². The topological polar surface area (TPSA) is 530 Å². The van der Waals surface area contributed by atoms with Crippen molar-refractivity contribution in [3.63, 3.8) is 0 Å². The number of fused-ring (bicyclic) bond motifs is 15. The molecular formula is C66H75Cl2N9O24. The largest absolute Gasteiger partial charge is 0.508 e. The summed E-state index contributed by atoms with van der Waals surface area (Å²) in [6, 6.07) is -0.679. The van der Waals surface area contributed by atoms with Crippen molar-refractivity contribution in [2.75, 3.05) is 13.7 Å². The minimum Gasteiger partial charge on any atom is -0.508 e. The molecule has 0 spiro atoms. The van der Waals surface area contributed by atoms with Gasteiger partial charge in [0.25, 0.3) is 0 Å². The maximum Gasteiger partial charge on any atom is 0.330 e. The Balaban J connectivity index is 1.24. The van der Waals surface area contributed by atoms with Crippen LogP contribution in [-0.4, -0.2) is 191 Å². The summed E-state index contributed by atoms with van der Waals surface area (Å²) in [4.78, 5) is 117. The van der Waals surface area contributed by atoms with E-state index >= 15 is 14.4 Å². The van der Waals surface area contributed by atoms with Crippen molar-refractivity contribution >= 4 is 70.5 Å². The maximum atomic E-state index is 16.0. The van der Waals surface area contributed by atoms with E-state index in [1.54, 1.807) is 0 Å². The number of hydrogen-bond acceptors (Lipinski definition) is 25. The van der Waals surface area contributed by atoms with E-state index in [9.17, 15) is 75.0 Å². The number of nitrogens with two attached hydrogens (primary N) is 2. The van der Waals surface area contributed by atoms with Gasteiger partial charge < -0.3 is 128 Å². The Bertz CT molecular complexity index is 4070. The molecule has 18 atom stereocenters. The number of ether oxygens (including phenoxy) is 6. The minimum atomic E-state index is -2.35. The second-order valence-corrected chi connectivity index (χ2v) is 26.5. The summed E-state index contributed by atoms with van der Waals surface area (Å²) in [5.41, 5.74) is 8.00. The van der Waals surface area contributed by atoms with Crippen LogP contribution in [0.25, 0.3) is 11.1 Å². The van der Waals surface area contributed by atoms with Crippen LogP contribution >= 0.6 is 23.2 Å². The molecule has 12 rings (SSSR count). The first-order valence-electron chi connectivity index (χ1n) is 31.6. The SMILES string of the molecule is CN[C@H](CC(C)C)C(=O)N[C@H]1C(=O)N[C@@H](CC(N)=O)C(=O)N[C@H]2C(=O)N[C@H]3C(=O)N[C@H](C(=O)N[C@H](C(=O)O)c4cc(O)cc(O)c4-c4cc3ccc4O)[C@H](O)c3ccc(c(Cl)c3)Oc3cc2cc(c3O[C@@H]2O[C@H](CO)[C@@H](O)[C@H](O)[C@H]2OC2C[C@](C)(N)[C@H](O)[C@H](C)O2)Oc2ccc(cc2Cl)[C@H]1O. The molecule has 7 aliphatic heterocycles. The fourth-order valence-electron chi connectivity index (χ4n) is 12.5. The van der Waals surface area contributed by atoms with E-state index in [2.05, 4.69) is 37.2 Å². The van der Waals surface area contributed by atoms with E-state index in [-0.39, 0.29) is 46.2 Å². The average Bonchev–Trinajstić information content (AvgIpc) is 0.775. The zero-order chi connectivity index (χ0) is 73.5. The van der Waals surface area contributed by atoms with Gasteiger partial charge in [0, 0.05) is 34.7 Å². The number of nitrogens with one attached hydrogen (secondary N) is 7. The maximum absolute atomic E-state index is 16.0.